The van der Waals surface area contributed by atoms with Crippen LogP contribution in [-0.2, 0) is 4.79 Å². The van der Waals surface area contributed by atoms with Crippen LogP contribution in [0.4, 0.5) is 4.79 Å². The second-order valence-corrected chi connectivity index (χ2v) is 7.36. The standard InChI is InChI=1S/C21H28N4O6S/c1-4-29-15-10-13(11-16(30-5-2)19(15)31-6-3)20(27)25-24-18(26)12-14(23-21(22)28)17-8-7-9-32-17/h7-11,14H,4-6,12H2,1-3H3,(H,24,26)(H,25,27)(H3,22,23,28). The number of rotatable bonds is 11. The molecule has 0 aliphatic heterocycles. The molecule has 0 aliphatic carbocycles. The normalized spacial score (nSPS) is 11.2. The van der Waals surface area contributed by atoms with Gasteiger partial charge in [0.25, 0.3) is 5.91 Å². The first-order chi connectivity index (χ1) is 15.4. The smallest absolute Gasteiger partial charge is 0.312 e. The minimum Gasteiger partial charge on any atom is -0.490 e. The zero-order chi connectivity index (χ0) is 23.5. The highest BCUT2D eigenvalue weighted by molar-refractivity contribution is 7.10. The van der Waals surface area contributed by atoms with E-state index in [9.17, 15) is 14.4 Å². The summed E-state index contributed by atoms with van der Waals surface area (Å²) in [5.74, 6) is 0.0545. The number of amides is 4. The molecule has 32 heavy (non-hydrogen) atoms. The van der Waals surface area contributed by atoms with Crippen molar-refractivity contribution in [3.8, 4) is 17.2 Å². The molecule has 5 N–H and O–H groups in total. The summed E-state index contributed by atoms with van der Waals surface area (Å²) in [6.45, 7) is 6.58. The maximum absolute atomic E-state index is 12.7. The van der Waals surface area contributed by atoms with Crippen LogP contribution in [0, 0.1) is 0 Å². The predicted molar refractivity (Wildman–Crippen MR) is 120 cm³/mol. The summed E-state index contributed by atoms with van der Waals surface area (Å²) >= 11 is 1.38. The topological polar surface area (TPSA) is 141 Å². The van der Waals surface area contributed by atoms with E-state index >= 15 is 0 Å². The number of carbonyl (C=O) groups is 3. The number of hydrogen-bond acceptors (Lipinski definition) is 7. The number of nitrogens with two attached hydrogens (primary N) is 1. The lowest BCUT2D eigenvalue weighted by atomic mass is 10.1. The summed E-state index contributed by atoms with van der Waals surface area (Å²) < 4.78 is 16.8. The molecule has 11 heteroatoms. The van der Waals surface area contributed by atoms with Gasteiger partial charge in [0.1, 0.15) is 0 Å². The molecule has 2 rings (SSSR count). The average Bonchev–Trinajstić information content (AvgIpc) is 3.28. The summed E-state index contributed by atoms with van der Waals surface area (Å²) in [6.07, 6.45) is -0.110. The molecule has 1 atom stereocenters. The van der Waals surface area contributed by atoms with E-state index in [4.69, 9.17) is 19.9 Å². The van der Waals surface area contributed by atoms with Crippen LogP contribution in [0.5, 0.6) is 17.2 Å². The van der Waals surface area contributed by atoms with Gasteiger partial charge in [-0.05, 0) is 44.4 Å². The van der Waals surface area contributed by atoms with Crippen molar-refractivity contribution in [2.75, 3.05) is 19.8 Å². The second kappa shape index (κ2) is 12.4. The molecule has 10 nitrogen and oxygen atoms in total. The zero-order valence-corrected chi connectivity index (χ0v) is 19.0. The molecule has 0 saturated heterocycles. The number of ether oxygens (including phenoxy) is 3. The van der Waals surface area contributed by atoms with Crippen LogP contribution >= 0.6 is 11.3 Å². The van der Waals surface area contributed by atoms with E-state index in [0.717, 1.165) is 4.88 Å². The van der Waals surface area contributed by atoms with Crippen molar-refractivity contribution < 1.29 is 28.6 Å². The third kappa shape index (κ3) is 7.05. The average molecular weight is 465 g/mol. The molecular formula is C21H28N4O6S. The molecule has 0 aliphatic rings. The van der Waals surface area contributed by atoms with Crippen LogP contribution < -0.4 is 36.1 Å². The lowest BCUT2D eigenvalue weighted by molar-refractivity contribution is -0.122. The second-order valence-electron chi connectivity index (χ2n) is 6.38. The minimum absolute atomic E-state index is 0.110. The van der Waals surface area contributed by atoms with Gasteiger partial charge in [-0.15, -0.1) is 11.3 Å². The number of primary amides is 1. The quantitative estimate of drug-likeness (QED) is 0.377. The maximum Gasteiger partial charge on any atom is 0.312 e. The molecule has 0 fully saturated rings. The van der Waals surface area contributed by atoms with Crippen LogP contribution in [0.2, 0.25) is 0 Å². The van der Waals surface area contributed by atoms with Crippen molar-refractivity contribution in [3.05, 3.63) is 40.1 Å². The Morgan fingerprint density at radius 3 is 2.12 bits per heavy atom. The number of carbonyl (C=O) groups excluding carboxylic acids is 3. The molecule has 1 aromatic heterocycles. The lowest BCUT2D eigenvalue weighted by Gasteiger charge is -2.18. The molecule has 0 saturated carbocycles. The number of hydrogen-bond donors (Lipinski definition) is 4. The fourth-order valence-electron chi connectivity index (χ4n) is 2.84. The number of benzene rings is 1. The highest BCUT2D eigenvalue weighted by Gasteiger charge is 2.21. The fraction of sp³-hybridized carbons (Fsp3) is 0.381. The van der Waals surface area contributed by atoms with E-state index in [1.807, 2.05) is 26.2 Å². The van der Waals surface area contributed by atoms with Gasteiger partial charge in [-0.25, -0.2) is 4.79 Å². The van der Waals surface area contributed by atoms with Gasteiger partial charge in [-0.3, -0.25) is 20.4 Å². The Kier molecular flexibility index (Phi) is 9.61. The predicted octanol–water partition coefficient (Wildman–Crippen LogP) is 2.50. The van der Waals surface area contributed by atoms with Crippen LogP contribution in [0.15, 0.2) is 29.6 Å². The van der Waals surface area contributed by atoms with Gasteiger partial charge in [-0.1, -0.05) is 6.07 Å². The number of nitrogens with one attached hydrogen (secondary N) is 3. The van der Waals surface area contributed by atoms with Gasteiger partial charge in [0.2, 0.25) is 11.7 Å². The Morgan fingerprint density at radius 1 is 1.00 bits per heavy atom. The molecule has 174 valence electrons. The summed E-state index contributed by atoms with van der Waals surface area (Å²) in [7, 11) is 0. The number of urea groups is 1. The molecule has 1 heterocycles. The molecule has 2 aromatic rings. The third-order valence-electron chi connectivity index (χ3n) is 4.08. The van der Waals surface area contributed by atoms with Crippen LogP contribution in [0.1, 0.15) is 48.5 Å². The summed E-state index contributed by atoms with van der Waals surface area (Å²) in [4.78, 5) is 37.0. The van der Waals surface area contributed by atoms with Crippen molar-refractivity contribution >= 4 is 29.2 Å². The third-order valence-corrected chi connectivity index (χ3v) is 5.07. The first kappa shape index (κ1) is 24.8. The summed E-state index contributed by atoms with van der Waals surface area (Å²) in [5, 5.41) is 4.34. The highest BCUT2D eigenvalue weighted by atomic mass is 32.1. The summed E-state index contributed by atoms with van der Waals surface area (Å²) in [5.41, 5.74) is 10.1. The van der Waals surface area contributed by atoms with E-state index in [2.05, 4.69) is 16.2 Å². The van der Waals surface area contributed by atoms with E-state index in [1.54, 1.807) is 12.1 Å². The molecule has 0 bridgehead atoms. The van der Waals surface area contributed by atoms with Gasteiger partial charge in [-0.2, -0.15) is 0 Å². The van der Waals surface area contributed by atoms with Gasteiger partial charge in [0, 0.05) is 10.4 Å². The Labute approximate surface area is 190 Å². The van der Waals surface area contributed by atoms with Gasteiger partial charge < -0.3 is 25.3 Å². The Morgan fingerprint density at radius 2 is 1.62 bits per heavy atom. The van der Waals surface area contributed by atoms with Crippen LogP contribution in [-0.4, -0.2) is 37.7 Å². The summed E-state index contributed by atoms with van der Waals surface area (Å²) in [6, 6.07) is 5.25. The highest BCUT2D eigenvalue weighted by Crippen LogP contribution is 2.39. The minimum atomic E-state index is -0.749. The van der Waals surface area contributed by atoms with E-state index in [-0.39, 0.29) is 12.0 Å². The Bertz CT molecular complexity index is 892. The fourth-order valence-corrected chi connectivity index (χ4v) is 3.62. The monoisotopic (exact) mass is 464 g/mol. The van der Waals surface area contributed by atoms with Crippen molar-refractivity contribution in [1.82, 2.24) is 16.2 Å². The maximum atomic E-state index is 12.7. The van der Waals surface area contributed by atoms with Gasteiger partial charge in [0.05, 0.1) is 32.3 Å². The van der Waals surface area contributed by atoms with Gasteiger partial charge >= 0.3 is 6.03 Å². The molecule has 4 amide bonds. The Hall–Kier alpha value is -3.47. The lowest BCUT2D eigenvalue weighted by Crippen LogP contribution is -2.43. The van der Waals surface area contributed by atoms with Crippen molar-refractivity contribution in [2.45, 2.75) is 33.2 Å². The van der Waals surface area contributed by atoms with Crippen molar-refractivity contribution in [2.24, 2.45) is 5.73 Å². The first-order valence-electron chi connectivity index (χ1n) is 10.1. The van der Waals surface area contributed by atoms with E-state index in [0.29, 0.717) is 37.1 Å². The van der Waals surface area contributed by atoms with E-state index < -0.39 is 23.9 Å². The molecule has 0 spiro atoms. The van der Waals surface area contributed by atoms with Crippen LogP contribution in [0.25, 0.3) is 0 Å². The zero-order valence-electron chi connectivity index (χ0n) is 18.2. The van der Waals surface area contributed by atoms with Gasteiger partial charge in [0.15, 0.2) is 11.5 Å². The van der Waals surface area contributed by atoms with E-state index in [1.165, 1.54) is 23.5 Å². The molecular weight excluding hydrogens is 436 g/mol. The number of hydrazine groups is 1. The largest absolute Gasteiger partial charge is 0.490 e. The molecule has 1 aromatic carbocycles. The number of thiophene rings is 1. The molecule has 1 unspecified atom stereocenters. The van der Waals surface area contributed by atoms with Crippen molar-refractivity contribution in [3.63, 3.8) is 0 Å². The molecule has 0 radical (unpaired) electrons. The van der Waals surface area contributed by atoms with Crippen LogP contribution in [0.3, 0.4) is 0 Å². The van der Waals surface area contributed by atoms with Crippen molar-refractivity contribution in [1.29, 1.82) is 0 Å². The first-order valence-corrected chi connectivity index (χ1v) is 11.0. The SMILES string of the molecule is CCOc1cc(C(=O)NNC(=O)CC(NC(N)=O)c2cccs2)cc(OCC)c1OCC. The Balaban J connectivity index is 2.10.